The van der Waals surface area contributed by atoms with Gasteiger partial charge in [-0.3, -0.25) is 10.1 Å². The number of anilines is 1. The number of nitrogens with one attached hydrogen (secondary N) is 2. The molecule has 3 N–H and O–H groups in total. The first-order chi connectivity index (χ1) is 17.0. The second-order valence-electron chi connectivity index (χ2n) is 7.25. The molecule has 0 bridgehead atoms. The van der Waals surface area contributed by atoms with Crippen LogP contribution in [0.15, 0.2) is 72.8 Å². The topological polar surface area (TPSA) is 114 Å². The molecule has 0 radical (unpaired) electrons. The summed E-state index contributed by atoms with van der Waals surface area (Å²) in [5.41, 5.74) is 0.371. The molecular weight excluding hydrogens is 505 g/mol. The van der Waals surface area contributed by atoms with Crippen molar-refractivity contribution in [3.8, 4) is 11.5 Å². The minimum Gasteiger partial charge on any atom is -0.480 e. The van der Waals surface area contributed by atoms with Crippen LogP contribution in [0.5, 0.6) is 11.5 Å². The van der Waals surface area contributed by atoms with Gasteiger partial charge in [0.1, 0.15) is 11.8 Å². The van der Waals surface area contributed by atoms with Crippen LogP contribution < -0.4 is 20.1 Å². The summed E-state index contributed by atoms with van der Waals surface area (Å²) in [5.74, 6) is -2.50. The molecular formula is C24H18ClF3N2O6. The van der Waals surface area contributed by atoms with Crippen LogP contribution in [0, 0.1) is 0 Å². The fraction of sp³-hybridized carbons (Fsp3) is 0.125. The number of carboxylic acids is 1. The first kappa shape index (κ1) is 26.4. The van der Waals surface area contributed by atoms with Gasteiger partial charge in [-0.2, -0.15) is 0 Å². The van der Waals surface area contributed by atoms with Gasteiger partial charge in [-0.1, -0.05) is 48.0 Å². The van der Waals surface area contributed by atoms with E-state index in [-0.39, 0.29) is 28.4 Å². The number of halogens is 4. The number of hydrogen-bond acceptors (Lipinski definition) is 5. The zero-order chi connectivity index (χ0) is 26.3. The maximum absolute atomic E-state index is 12.5. The van der Waals surface area contributed by atoms with Crippen LogP contribution in [-0.4, -0.2) is 35.5 Å². The van der Waals surface area contributed by atoms with Crippen molar-refractivity contribution in [3.63, 3.8) is 0 Å². The predicted octanol–water partition coefficient (Wildman–Crippen LogP) is 5.28. The normalized spacial score (nSPS) is 11.8. The van der Waals surface area contributed by atoms with Gasteiger partial charge in [0, 0.05) is 6.42 Å². The number of carboxylic acid groups (broad SMARTS) is 1. The van der Waals surface area contributed by atoms with Crippen LogP contribution in [0.4, 0.5) is 23.7 Å². The van der Waals surface area contributed by atoms with Gasteiger partial charge in [-0.25, -0.2) is 9.59 Å². The highest BCUT2D eigenvalue weighted by Crippen LogP contribution is 2.30. The maximum Gasteiger partial charge on any atom is 0.573 e. The summed E-state index contributed by atoms with van der Waals surface area (Å²) in [7, 11) is 0. The Hall–Kier alpha value is -4.25. The molecule has 188 valence electrons. The fourth-order valence-corrected chi connectivity index (χ4v) is 3.26. The fourth-order valence-electron chi connectivity index (χ4n) is 3.04. The molecule has 3 aromatic rings. The number of carbonyl (C=O) groups is 3. The number of aliphatic carboxylic acids is 1. The third kappa shape index (κ3) is 7.64. The Morgan fingerprint density at radius 3 is 2.22 bits per heavy atom. The number of rotatable bonds is 8. The van der Waals surface area contributed by atoms with Crippen molar-refractivity contribution in [1.82, 2.24) is 5.32 Å². The number of alkyl halides is 3. The quantitative estimate of drug-likeness (QED) is 0.371. The highest BCUT2D eigenvalue weighted by atomic mass is 35.5. The molecule has 0 heterocycles. The average Bonchev–Trinajstić information content (AvgIpc) is 2.80. The van der Waals surface area contributed by atoms with E-state index in [1.54, 1.807) is 12.1 Å². The first-order valence-electron chi connectivity index (χ1n) is 10.2. The average molecular weight is 523 g/mol. The number of para-hydroxylation sites is 2. The minimum atomic E-state index is -4.95. The van der Waals surface area contributed by atoms with Crippen molar-refractivity contribution in [3.05, 3.63) is 88.9 Å². The molecule has 12 heteroatoms. The first-order valence-corrected chi connectivity index (χ1v) is 10.6. The number of hydrogen-bond donors (Lipinski definition) is 3. The lowest BCUT2D eigenvalue weighted by Gasteiger charge is -2.16. The molecule has 1 atom stereocenters. The highest BCUT2D eigenvalue weighted by molar-refractivity contribution is 6.33. The highest BCUT2D eigenvalue weighted by Gasteiger charge is 2.32. The van der Waals surface area contributed by atoms with Crippen molar-refractivity contribution in [1.29, 1.82) is 0 Å². The van der Waals surface area contributed by atoms with E-state index in [1.165, 1.54) is 54.6 Å². The summed E-state index contributed by atoms with van der Waals surface area (Å²) in [5, 5.41) is 14.2. The van der Waals surface area contributed by atoms with E-state index >= 15 is 0 Å². The van der Waals surface area contributed by atoms with Crippen LogP contribution >= 0.6 is 11.6 Å². The number of ether oxygens (including phenoxy) is 2. The van der Waals surface area contributed by atoms with Gasteiger partial charge >= 0.3 is 18.4 Å². The predicted molar refractivity (Wildman–Crippen MR) is 123 cm³/mol. The van der Waals surface area contributed by atoms with Gasteiger partial charge in [0.2, 0.25) is 0 Å². The molecule has 0 saturated carbocycles. The Bertz CT molecular complexity index is 1250. The van der Waals surface area contributed by atoms with E-state index in [9.17, 15) is 32.7 Å². The van der Waals surface area contributed by atoms with Gasteiger partial charge in [-0.05, 0) is 42.0 Å². The van der Waals surface area contributed by atoms with E-state index in [1.807, 2.05) is 0 Å². The summed E-state index contributed by atoms with van der Waals surface area (Å²) in [6, 6.07) is 15.5. The van der Waals surface area contributed by atoms with Crippen LogP contribution in [0.1, 0.15) is 15.9 Å². The lowest BCUT2D eigenvalue weighted by Crippen LogP contribution is -2.42. The SMILES string of the molecule is O=C(Nc1ccccc1OC(F)(F)F)Oc1ccc(C[C@H](NC(=O)c2ccccc2Cl)C(=O)O)cc1. The van der Waals surface area contributed by atoms with Crippen molar-refractivity contribution in [2.45, 2.75) is 18.8 Å². The summed E-state index contributed by atoms with van der Waals surface area (Å²) < 4.78 is 46.5. The molecule has 0 spiro atoms. The van der Waals surface area contributed by atoms with Gasteiger partial charge < -0.3 is 19.9 Å². The lowest BCUT2D eigenvalue weighted by atomic mass is 10.1. The van der Waals surface area contributed by atoms with Crippen molar-refractivity contribution in [2.75, 3.05) is 5.32 Å². The maximum atomic E-state index is 12.5. The Morgan fingerprint density at radius 1 is 0.944 bits per heavy atom. The number of benzene rings is 3. The monoisotopic (exact) mass is 522 g/mol. The van der Waals surface area contributed by atoms with Crippen molar-refractivity contribution >= 4 is 35.3 Å². The van der Waals surface area contributed by atoms with E-state index in [4.69, 9.17) is 16.3 Å². The largest absolute Gasteiger partial charge is 0.573 e. The van der Waals surface area contributed by atoms with E-state index < -0.39 is 36.1 Å². The number of amides is 2. The smallest absolute Gasteiger partial charge is 0.480 e. The van der Waals surface area contributed by atoms with Gasteiger partial charge in [0.25, 0.3) is 5.91 Å². The molecule has 3 rings (SSSR count). The summed E-state index contributed by atoms with van der Waals surface area (Å²) in [4.78, 5) is 36.2. The summed E-state index contributed by atoms with van der Waals surface area (Å²) in [6.07, 6.45) is -6.10. The Balaban J connectivity index is 1.61. The molecule has 2 amide bonds. The third-order valence-electron chi connectivity index (χ3n) is 4.65. The number of carbonyl (C=O) groups excluding carboxylic acids is 2. The molecule has 0 fully saturated rings. The minimum absolute atomic E-state index is 0.0393. The Morgan fingerprint density at radius 2 is 1.58 bits per heavy atom. The second-order valence-corrected chi connectivity index (χ2v) is 7.66. The second kappa shape index (κ2) is 11.5. The molecule has 0 unspecified atom stereocenters. The molecule has 0 aromatic heterocycles. The van der Waals surface area contributed by atoms with E-state index in [0.29, 0.717) is 5.56 Å². The standard InChI is InChI=1S/C24H18ClF3N2O6/c25-17-6-2-1-5-16(17)21(31)29-19(22(32)33)13-14-9-11-15(12-10-14)35-23(34)30-18-7-3-4-8-20(18)36-24(26,27)28/h1-12,19H,13H2,(H,29,31)(H,30,34)(H,32,33)/t19-/m0/s1. The van der Waals surface area contributed by atoms with Gasteiger partial charge in [0.15, 0.2) is 5.75 Å². The molecule has 36 heavy (non-hydrogen) atoms. The molecule has 0 aliphatic heterocycles. The van der Waals surface area contributed by atoms with E-state index in [2.05, 4.69) is 15.4 Å². The van der Waals surface area contributed by atoms with Crippen LogP contribution in [0.3, 0.4) is 0 Å². The zero-order valence-electron chi connectivity index (χ0n) is 18.2. The third-order valence-corrected chi connectivity index (χ3v) is 4.97. The van der Waals surface area contributed by atoms with Crippen LogP contribution in [-0.2, 0) is 11.2 Å². The molecule has 8 nitrogen and oxygen atoms in total. The van der Waals surface area contributed by atoms with Crippen LogP contribution in [0.2, 0.25) is 5.02 Å². The Labute approximate surface area is 207 Å². The van der Waals surface area contributed by atoms with Crippen LogP contribution in [0.25, 0.3) is 0 Å². The molecule has 3 aromatic carbocycles. The Kier molecular flexibility index (Phi) is 8.38. The van der Waals surface area contributed by atoms with Crippen molar-refractivity contribution in [2.24, 2.45) is 0 Å². The van der Waals surface area contributed by atoms with Gasteiger partial charge in [0.05, 0.1) is 16.3 Å². The molecule has 0 saturated heterocycles. The lowest BCUT2D eigenvalue weighted by molar-refractivity contribution is -0.274. The zero-order valence-corrected chi connectivity index (χ0v) is 19.0. The van der Waals surface area contributed by atoms with E-state index in [0.717, 1.165) is 6.07 Å². The van der Waals surface area contributed by atoms with Crippen molar-refractivity contribution < 1.29 is 42.1 Å². The summed E-state index contributed by atoms with van der Waals surface area (Å²) in [6.45, 7) is 0. The molecule has 0 aliphatic carbocycles. The van der Waals surface area contributed by atoms with Gasteiger partial charge in [-0.15, -0.1) is 13.2 Å². The molecule has 0 aliphatic rings. The summed E-state index contributed by atoms with van der Waals surface area (Å²) >= 11 is 5.98.